The van der Waals surface area contributed by atoms with Gasteiger partial charge < -0.3 is 5.11 Å². The molecule has 1 heterocycles. The van der Waals surface area contributed by atoms with E-state index in [9.17, 15) is 14.3 Å². The quantitative estimate of drug-likeness (QED) is 0.919. The Hall–Kier alpha value is -2.69. The summed E-state index contributed by atoms with van der Waals surface area (Å²) in [6, 6.07) is 10.9. The Balaban J connectivity index is 2.01. The average molecular weight is 284 g/mol. The van der Waals surface area contributed by atoms with Crippen molar-refractivity contribution in [3.63, 3.8) is 0 Å². The molecular weight excluding hydrogens is 271 g/mol. The molecule has 21 heavy (non-hydrogen) atoms. The van der Waals surface area contributed by atoms with Crippen LogP contribution in [0, 0.1) is 5.82 Å². The molecule has 1 amide bonds. The van der Waals surface area contributed by atoms with Crippen LogP contribution in [0.5, 0.6) is 5.75 Å². The second-order valence-electron chi connectivity index (χ2n) is 4.72. The van der Waals surface area contributed by atoms with Crippen LogP contribution in [0.15, 0.2) is 47.6 Å². The minimum Gasteiger partial charge on any atom is -0.507 e. The summed E-state index contributed by atoms with van der Waals surface area (Å²) < 4.78 is 14.3. The number of aromatic hydroxyl groups is 1. The van der Waals surface area contributed by atoms with Gasteiger partial charge in [-0.2, -0.15) is 5.10 Å². The van der Waals surface area contributed by atoms with Gasteiger partial charge in [0, 0.05) is 29.8 Å². The molecular formula is C16H13FN2O2. The lowest BCUT2D eigenvalue weighted by atomic mass is 10.0. The molecule has 3 rings (SSSR count). The highest BCUT2D eigenvalue weighted by Gasteiger charge is 2.19. The fourth-order valence-electron chi connectivity index (χ4n) is 2.26. The van der Waals surface area contributed by atoms with Crippen LogP contribution in [0.2, 0.25) is 0 Å². The van der Waals surface area contributed by atoms with Crippen LogP contribution in [0.25, 0.3) is 11.1 Å². The van der Waals surface area contributed by atoms with Crippen molar-refractivity contribution in [2.24, 2.45) is 5.10 Å². The van der Waals surface area contributed by atoms with E-state index in [1.54, 1.807) is 30.5 Å². The van der Waals surface area contributed by atoms with E-state index in [1.807, 2.05) is 0 Å². The summed E-state index contributed by atoms with van der Waals surface area (Å²) in [5, 5.41) is 15.0. The number of nitrogens with zero attached hydrogens (tertiary/aromatic N) is 2. The molecule has 0 spiro atoms. The van der Waals surface area contributed by atoms with Gasteiger partial charge in [-0.3, -0.25) is 4.79 Å². The van der Waals surface area contributed by atoms with Gasteiger partial charge in [-0.25, -0.2) is 9.40 Å². The molecule has 0 atom stereocenters. The fraction of sp³-hybridized carbons (Fsp3) is 0.125. The number of benzene rings is 2. The maximum atomic E-state index is 14.3. The number of amides is 1. The number of rotatable bonds is 2. The number of phenolic OH excluding ortho intramolecular Hbond substituents is 1. The van der Waals surface area contributed by atoms with E-state index >= 15 is 0 Å². The SMILES string of the molecule is O=C1CCC=NN1c1ccc(-c2ccccc2O)c(F)c1. The Bertz CT molecular complexity index is 728. The molecule has 0 unspecified atom stereocenters. The predicted octanol–water partition coefficient (Wildman–Crippen LogP) is 3.31. The van der Waals surface area contributed by atoms with Crippen LogP contribution in [0.4, 0.5) is 10.1 Å². The highest BCUT2D eigenvalue weighted by atomic mass is 19.1. The molecule has 0 bridgehead atoms. The number of halogens is 1. The van der Waals surface area contributed by atoms with Crippen LogP contribution in [0.1, 0.15) is 12.8 Å². The van der Waals surface area contributed by atoms with E-state index in [2.05, 4.69) is 5.10 Å². The van der Waals surface area contributed by atoms with Gasteiger partial charge in [0.2, 0.25) is 5.91 Å². The number of carbonyl (C=O) groups excluding carboxylic acids is 1. The zero-order chi connectivity index (χ0) is 14.8. The van der Waals surface area contributed by atoms with Gasteiger partial charge in [0.15, 0.2) is 0 Å². The fourth-order valence-corrected chi connectivity index (χ4v) is 2.26. The summed E-state index contributed by atoms with van der Waals surface area (Å²) >= 11 is 0. The third kappa shape index (κ3) is 2.50. The molecule has 0 fully saturated rings. The van der Waals surface area contributed by atoms with Crippen LogP contribution in [0.3, 0.4) is 0 Å². The number of hydrazone groups is 1. The largest absolute Gasteiger partial charge is 0.507 e. The van der Waals surface area contributed by atoms with Crippen molar-refractivity contribution >= 4 is 17.8 Å². The average Bonchev–Trinajstić information content (AvgIpc) is 2.49. The van der Waals surface area contributed by atoms with E-state index in [4.69, 9.17) is 0 Å². The summed E-state index contributed by atoms with van der Waals surface area (Å²) in [5.41, 5.74) is 1.08. The van der Waals surface area contributed by atoms with Crippen LogP contribution >= 0.6 is 0 Å². The Morgan fingerprint density at radius 1 is 1.14 bits per heavy atom. The third-order valence-corrected chi connectivity index (χ3v) is 3.31. The summed E-state index contributed by atoms with van der Waals surface area (Å²) in [7, 11) is 0. The van der Waals surface area contributed by atoms with Crippen LogP contribution in [-0.4, -0.2) is 17.2 Å². The summed E-state index contributed by atoms with van der Waals surface area (Å²) in [5.74, 6) is -0.661. The van der Waals surface area contributed by atoms with Gasteiger partial charge in [-0.05, 0) is 24.6 Å². The molecule has 0 radical (unpaired) electrons. The maximum Gasteiger partial charge on any atom is 0.247 e. The van der Waals surface area contributed by atoms with Gasteiger partial charge in [0.05, 0.1) is 5.69 Å². The number of hydrogen-bond acceptors (Lipinski definition) is 3. The van der Waals surface area contributed by atoms with Gasteiger partial charge >= 0.3 is 0 Å². The summed E-state index contributed by atoms with van der Waals surface area (Å²) in [6.07, 6.45) is 2.61. The molecule has 1 aliphatic heterocycles. The molecule has 1 aliphatic rings. The normalized spacial score (nSPS) is 14.5. The van der Waals surface area contributed by atoms with Crippen molar-refractivity contribution in [3.05, 3.63) is 48.3 Å². The van der Waals surface area contributed by atoms with Crippen molar-refractivity contribution in [2.45, 2.75) is 12.8 Å². The zero-order valence-corrected chi connectivity index (χ0v) is 11.2. The zero-order valence-electron chi connectivity index (χ0n) is 11.2. The lowest BCUT2D eigenvalue weighted by Gasteiger charge is -2.20. The first-order valence-electron chi connectivity index (χ1n) is 6.60. The molecule has 2 aromatic rings. The van der Waals surface area contributed by atoms with E-state index in [-0.39, 0.29) is 17.2 Å². The minimum absolute atomic E-state index is 0.0104. The van der Waals surface area contributed by atoms with Gasteiger partial charge in [-0.1, -0.05) is 18.2 Å². The second kappa shape index (κ2) is 5.36. The standard InChI is InChI=1S/C16H13FN2O2/c17-14-10-11(19-16(21)6-3-9-18-19)7-8-12(14)13-4-1-2-5-15(13)20/h1-2,4-5,7-10,20H,3,6H2. The first kappa shape index (κ1) is 13.3. The van der Waals surface area contributed by atoms with Gasteiger partial charge in [0.1, 0.15) is 11.6 Å². The molecule has 0 saturated carbocycles. The van der Waals surface area contributed by atoms with Crippen molar-refractivity contribution in [1.29, 1.82) is 0 Å². The van der Waals surface area contributed by atoms with Crippen molar-refractivity contribution in [2.75, 3.05) is 5.01 Å². The Kier molecular flexibility index (Phi) is 3.39. The monoisotopic (exact) mass is 284 g/mol. The highest BCUT2D eigenvalue weighted by molar-refractivity contribution is 5.97. The van der Waals surface area contributed by atoms with Crippen LogP contribution < -0.4 is 5.01 Å². The van der Waals surface area contributed by atoms with Crippen molar-refractivity contribution in [1.82, 2.24) is 0 Å². The Morgan fingerprint density at radius 2 is 1.95 bits per heavy atom. The van der Waals surface area contributed by atoms with Crippen molar-refractivity contribution < 1.29 is 14.3 Å². The summed E-state index contributed by atoms with van der Waals surface area (Å²) in [4.78, 5) is 11.8. The molecule has 4 nitrogen and oxygen atoms in total. The first-order chi connectivity index (χ1) is 10.2. The Morgan fingerprint density at radius 3 is 2.67 bits per heavy atom. The van der Waals surface area contributed by atoms with Crippen LogP contribution in [-0.2, 0) is 4.79 Å². The molecule has 0 aliphatic carbocycles. The van der Waals surface area contributed by atoms with Crippen molar-refractivity contribution in [3.8, 4) is 16.9 Å². The van der Waals surface area contributed by atoms with Gasteiger partial charge in [-0.15, -0.1) is 0 Å². The minimum atomic E-state index is -0.512. The topological polar surface area (TPSA) is 52.9 Å². The highest BCUT2D eigenvalue weighted by Crippen LogP contribution is 2.33. The molecule has 5 heteroatoms. The van der Waals surface area contributed by atoms with E-state index in [0.29, 0.717) is 24.1 Å². The second-order valence-corrected chi connectivity index (χ2v) is 4.72. The maximum absolute atomic E-state index is 14.3. The van der Waals surface area contributed by atoms with E-state index in [1.165, 1.54) is 23.2 Å². The molecule has 1 N–H and O–H groups in total. The first-order valence-corrected chi connectivity index (χ1v) is 6.60. The molecule has 2 aromatic carbocycles. The third-order valence-electron chi connectivity index (χ3n) is 3.31. The number of para-hydroxylation sites is 1. The molecule has 0 saturated heterocycles. The van der Waals surface area contributed by atoms with Gasteiger partial charge in [0.25, 0.3) is 0 Å². The smallest absolute Gasteiger partial charge is 0.247 e. The Labute approximate surface area is 121 Å². The lowest BCUT2D eigenvalue weighted by molar-refractivity contribution is -0.118. The number of anilines is 1. The number of carbonyl (C=O) groups is 1. The van der Waals surface area contributed by atoms with E-state index in [0.717, 1.165) is 0 Å². The lowest BCUT2D eigenvalue weighted by Crippen LogP contribution is -2.28. The predicted molar refractivity (Wildman–Crippen MR) is 78.7 cm³/mol. The number of hydrogen-bond donors (Lipinski definition) is 1. The molecule has 106 valence electrons. The molecule has 0 aromatic heterocycles. The summed E-state index contributed by atoms with van der Waals surface area (Å²) in [6.45, 7) is 0. The number of phenols is 1. The van der Waals surface area contributed by atoms with E-state index < -0.39 is 5.82 Å².